The number of nitrogens with zero attached hydrogens (tertiary/aromatic N) is 3. The number of nitrogens with one attached hydrogen (secondary N) is 1. The molecule has 0 saturated carbocycles. The van der Waals surface area contributed by atoms with Crippen molar-refractivity contribution in [3.63, 3.8) is 0 Å². The number of amides is 1. The Labute approximate surface area is 303 Å². The molecule has 52 heavy (non-hydrogen) atoms. The van der Waals surface area contributed by atoms with E-state index in [1.165, 1.54) is 54.3 Å². The van der Waals surface area contributed by atoms with Gasteiger partial charge < -0.3 is 29.0 Å². The second-order valence-corrected chi connectivity index (χ2v) is 12.9. The monoisotopic (exact) mass is 724 g/mol. The Bertz CT molecular complexity index is 2340. The van der Waals surface area contributed by atoms with Crippen LogP contribution in [-0.4, -0.2) is 53.7 Å². The number of rotatable bonds is 11. The van der Waals surface area contributed by atoms with Gasteiger partial charge in [0.15, 0.2) is 23.1 Å². The second-order valence-electron chi connectivity index (χ2n) is 12.5. The number of carbonyl (C=O) groups excluding carboxylic acids is 1. The lowest BCUT2D eigenvalue weighted by Crippen LogP contribution is -2.31. The number of piperidine rings is 1. The van der Waals surface area contributed by atoms with E-state index >= 15 is 4.39 Å². The number of aromatic nitrogens is 2. The number of anilines is 1. The highest BCUT2D eigenvalue weighted by Crippen LogP contribution is 2.38. The van der Waals surface area contributed by atoms with E-state index in [0.717, 1.165) is 38.2 Å². The first-order chi connectivity index (χ1) is 25.3. The molecule has 1 amide bonds. The molecule has 4 aromatic carbocycles. The van der Waals surface area contributed by atoms with Crippen LogP contribution in [0.15, 0.2) is 96.1 Å². The van der Waals surface area contributed by atoms with Crippen LogP contribution < -0.4 is 25.0 Å². The predicted octanol–water partition coefficient (Wildman–Crippen LogP) is 8.78. The Hall–Kier alpha value is -5.52. The van der Waals surface area contributed by atoms with E-state index in [-0.39, 0.29) is 27.9 Å². The Morgan fingerprint density at radius 2 is 1.73 bits per heavy atom. The number of hydrogen-bond donors (Lipinski definition) is 1. The molecule has 0 bridgehead atoms. The third-order valence-corrected chi connectivity index (χ3v) is 9.36. The normalized spacial score (nSPS) is 13.3. The van der Waals surface area contributed by atoms with E-state index in [4.69, 9.17) is 25.8 Å². The lowest BCUT2D eigenvalue weighted by molar-refractivity contribution is 0.102. The molecule has 3 heterocycles. The number of pyridine rings is 2. The minimum Gasteiger partial charge on any atom is -0.493 e. The first-order valence-electron chi connectivity index (χ1n) is 17.0. The number of methoxy groups -OCH3 is 1. The maximum absolute atomic E-state index is 15.5. The molecule has 0 unspecified atom stereocenters. The van der Waals surface area contributed by atoms with E-state index < -0.39 is 23.0 Å². The van der Waals surface area contributed by atoms with Crippen LogP contribution in [0.2, 0.25) is 5.02 Å². The fourth-order valence-corrected chi connectivity index (χ4v) is 6.65. The van der Waals surface area contributed by atoms with E-state index in [2.05, 4.69) is 15.2 Å². The Morgan fingerprint density at radius 3 is 2.52 bits per heavy atom. The maximum Gasteiger partial charge on any atom is 0.261 e. The number of ether oxygens (including phenoxy) is 3. The van der Waals surface area contributed by atoms with Crippen LogP contribution in [0, 0.1) is 11.6 Å². The van der Waals surface area contributed by atoms with Gasteiger partial charge in [-0.25, -0.2) is 8.78 Å². The predicted molar refractivity (Wildman–Crippen MR) is 198 cm³/mol. The molecular formula is C40H35ClF2N4O5. The Kier molecular flexibility index (Phi) is 10.3. The van der Waals surface area contributed by atoms with Gasteiger partial charge in [0.05, 0.1) is 35.5 Å². The summed E-state index contributed by atoms with van der Waals surface area (Å²) in [4.78, 5) is 33.8. The van der Waals surface area contributed by atoms with Gasteiger partial charge in [0.2, 0.25) is 5.43 Å². The van der Waals surface area contributed by atoms with Crippen LogP contribution in [0.5, 0.6) is 23.0 Å². The first kappa shape index (κ1) is 34.9. The number of fused-ring (bicyclic) bond motifs is 2. The third kappa shape index (κ3) is 7.42. The summed E-state index contributed by atoms with van der Waals surface area (Å²) in [5, 5.41) is 3.61. The molecule has 1 fully saturated rings. The summed E-state index contributed by atoms with van der Waals surface area (Å²) in [7, 11) is 1.55. The van der Waals surface area contributed by atoms with Crippen LogP contribution in [0.3, 0.4) is 0 Å². The average molecular weight is 725 g/mol. The third-order valence-electron chi connectivity index (χ3n) is 9.04. The molecule has 7 rings (SSSR count). The molecule has 0 spiro atoms. The highest BCUT2D eigenvalue weighted by Gasteiger charge is 2.20. The fourth-order valence-electron chi connectivity index (χ4n) is 6.43. The van der Waals surface area contributed by atoms with Crippen LogP contribution >= 0.6 is 11.6 Å². The summed E-state index contributed by atoms with van der Waals surface area (Å²) in [6, 6.07) is 19.5. The molecule has 0 aliphatic carbocycles. The van der Waals surface area contributed by atoms with Crippen molar-refractivity contribution in [3.05, 3.63) is 124 Å². The van der Waals surface area contributed by atoms with Crippen LogP contribution in [-0.2, 0) is 0 Å². The summed E-state index contributed by atoms with van der Waals surface area (Å²) in [5.41, 5.74) is 0.463. The van der Waals surface area contributed by atoms with Gasteiger partial charge in [-0.05, 0) is 86.9 Å². The highest BCUT2D eigenvalue weighted by atomic mass is 35.5. The van der Waals surface area contributed by atoms with Crippen LogP contribution in [0.1, 0.15) is 36.0 Å². The van der Waals surface area contributed by atoms with Crippen molar-refractivity contribution in [1.82, 2.24) is 14.5 Å². The quantitative estimate of drug-likeness (QED) is 0.134. The molecule has 2 aromatic heterocycles. The van der Waals surface area contributed by atoms with E-state index in [9.17, 15) is 14.0 Å². The lowest BCUT2D eigenvalue weighted by Gasteiger charge is -2.26. The van der Waals surface area contributed by atoms with Crippen LogP contribution in [0.4, 0.5) is 14.5 Å². The zero-order chi connectivity index (χ0) is 36.2. The van der Waals surface area contributed by atoms with E-state index in [1.807, 2.05) is 0 Å². The summed E-state index contributed by atoms with van der Waals surface area (Å²) in [5.74, 6) is -0.822. The first-order valence-corrected chi connectivity index (χ1v) is 17.4. The molecule has 0 atom stereocenters. The molecule has 6 aromatic rings. The number of carbonyl (C=O) groups is 1. The molecular weight excluding hydrogens is 690 g/mol. The van der Waals surface area contributed by atoms with Crippen molar-refractivity contribution < 1.29 is 27.8 Å². The molecule has 1 N–H and O–H groups in total. The zero-order valence-corrected chi connectivity index (χ0v) is 29.1. The zero-order valence-electron chi connectivity index (χ0n) is 28.3. The van der Waals surface area contributed by atoms with Crippen LogP contribution in [0.25, 0.3) is 27.5 Å². The Morgan fingerprint density at radius 1 is 0.904 bits per heavy atom. The molecule has 266 valence electrons. The smallest absolute Gasteiger partial charge is 0.261 e. The van der Waals surface area contributed by atoms with Crippen molar-refractivity contribution >= 4 is 45.0 Å². The topological polar surface area (TPSA) is 94.9 Å². The molecule has 1 aliphatic heterocycles. The minimum absolute atomic E-state index is 0.0843. The average Bonchev–Trinajstić information content (AvgIpc) is 3.15. The van der Waals surface area contributed by atoms with E-state index in [0.29, 0.717) is 45.5 Å². The fraction of sp³-hybridized carbons (Fsp3) is 0.225. The van der Waals surface area contributed by atoms with Gasteiger partial charge in [0.25, 0.3) is 5.91 Å². The maximum atomic E-state index is 15.5. The largest absolute Gasteiger partial charge is 0.493 e. The number of benzene rings is 4. The summed E-state index contributed by atoms with van der Waals surface area (Å²) in [6.07, 6.45) is 7.52. The van der Waals surface area contributed by atoms with Crippen molar-refractivity contribution in [3.8, 4) is 28.7 Å². The molecule has 1 saturated heterocycles. The van der Waals surface area contributed by atoms with Gasteiger partial charge in [0, 0.05) is 47.5 Å². The molecule has 1 aliphatic rings. The van der Waals surface area contributed by atoms with Gasteiger partial charge in [-0.3, -0.25) is 14.6 Å². The van der Waals surface area contributed by atoms with Crippen molar-refractivity contribution in [2.45, 2.75) is 25.7 Å². The summed E-state index contributed by atoms with van der Waals surface area (Å²) >= 11 is 6.43. The molecule has 9 nitrogen and oxygen atoms in total. The van der Waals surface area contributed by atoms with Gasteiger partial charge in [-0.15, -0.1) is 0 Å². The number of hydrogen-bond acceptors (Lipinski definition) is 7. The summed E-state index contributed by atoms with van der Waals surface area (Å²) in [6.45, 7) is 3.77. The molecule has 0 radical (unpaired) electrons. The molecule has 12 heteroatoms. The van der Waals surface area contributed by atoms with Crippen molar-refractivity contribution in [2.24, 2.45) is 0 Å². The minimum atomic E-state index is -0.790. The summed E-state index contributed by atoms with van der Waals surface area (Å²) < 4.78 is 48.9. The van der Waals surface area contributed by atoms with Gasteiger partial charge in [0.1, 0.15) is 17.1 Å². The number of halogens is 3. The van der Waals surface area contributed by atoms with Gasteiger partial charge >= 0.3 is 0 Å². The number of para-hydroxylation sites is 1. The van der Waals surface area contributed by atoms with Gasteiger partial charge in [-0.2, -0.15) is 0 Å². The second kappa shape index (κ2) is 15.4. The number of likely N-dealkylation sites (tertiary alicyclic amines) is 1. The van der Waals surface area contributed by atoms with Gasteiger partial charge in [-0.1, -0.05) is 30.2 Å². The lowest BCUT2D eigenvalue weighted by atomic mass is 10.1. The standard InChI is InChI=1S/C40H35ClF2N4O5/c1-50-37-22-28-32(23-38(37)51-19-7-18-46-16-5-2-6-17-46)44-15-14-35(28)52-36-13-11-26(21-31(36)43)45-40(49)29-24-47(33-9-4-3-8-30(33)41)34-20-25(42)10-12-27(34)39(29)48/h3-4,8-15,20-24H,2,5-7,16-19H2,1H3,(H,45,49). The van der Waals surface area contributed by atoms with E-state index in [1.54, 1.807) is 55.8 Å². The SMILES string of the molecule is COc1cc2c(Oc3ccc(NC(=O)c4cn(-c5ccccc5Cl)c5cc(F)ccc5c4=O)cc3F)ccnc2cc1OCCCN1CCCCC1. The Balaban J connectivity index is 1.09. The van der Waals surface area contributed by atoms with Crippen molar-refractivity contribution in [2.75, 3.05) is 38.7 Å². The van der Waals surface area contributed by atoms with Crippen molar-refractivity contribution in [1.29, 1.82) is 0 Å². The highest BCUT2D eigenvalue weighted by molar-refractivity contribution is 6.32.